The minimum Gasteiger partial charge on any atom is -0.462 e. The Morgan fingerprint density at radius 1 is 0.552 bits per heavy atom. The van der Waals surface area contributed by atoms with Crippen molar-refractivity contribution < 1.29 is 42.1 Å². The average molecular weight is 841 g/mol. The molecule has 0 saturated carbocycles. The lowest BCUT2D eigenvalue weighted by atomic mass is 10.0. The fraction of sp³-hybridized carbons (Fsp3) is 0.833. The van der Waals surface area contributed by atoms with Crippen molar-refractivity contribution in [3.63, 3.8) is 0 Å². The van der Waals surface area contributed by atoms with E-state index in [0.717, 1.165) is 57.8 Å². The first-order chi connectivity index (χ1) is 28.0. The highest BCUT2D eigenvalue weighted by Crippen LogP contribution is 2.43. The van der Waals surface area contributed by atoms with E-state index < -0.39 is 26.5 Å². The molecule has 0 aromatic heterocycles. The van der Waals surface area contributed by atoms with Gasteiger partial charge in [-0.15, -0.1) is 0 Å². The summed E-state index contributed by atoms with van der Waals surface area (Å²) in [6.45, 7) is 4.29. The summed E-state index contributed by atoms with van der Waals surface area (Å²) < 4.78 is 34.3. The molecule has 0 spiro atoms. The minimum atomic E-state index is -4.38. The van der Waals surface area contributed by atoms with E-state index in [1.165, 1.54) is 116 Å². The first-order valence-corrected chi connectivity index (χ1v) is 25.2. The van der Waals surface area contributed by atoms with Crippen molar-refractivity contribution in [3.05, 3.63) is 36.5 Å². The van der Waals surface area contributed by atoms with Gasteiger partial charge in [-0.05, 0) is 32.1 Å². The van der Waals surface area contributed by atoms with Gasteiger partial charge in [0, 0.05) is 12.8 Å². The number of allylic oxidation sites excluding steroid dienone is 6. The SMILES string of the molecule is CC/C=C/C=C/C=C/CCCCCCCC(=O)OC(COC(=O)CCCCCCCCCCCCCCCCCCCCCCC)COP(=O)(O)OCC[N+](C)(C)C. The van der Waals surface area contributed by atoms with Crippen LogP contribution in [0.2, 0.25) is 0 Å². The maximum absolute atomic E-state index is 12.7. The van der Waals surface area contributed by atoms with Crippen LogP contribution in [0.4, 0.5) is 0 Å². The van der Waals surface area contributed by atoms with Crippen molar-refractivity contribution in [2.45, 2.75) is 213 Å². The summed E-state index contributed by atoms with van der Waals surface area (Å²) in [5.41, 5.74) is 0. The van der Waals surface area contributed by atoms with Gasteiger partial charge in [-0.1, -0.05) is 198 Å². The van der Waals surface area contributed by atoms with Gasteiger partial charge in [0.2, 0.25) is 0 Å². The Labute approximate surface area is 357 Å². The lowest BCUT2D eigenvalue weighted by Gasteiger charge is -2.24. The van der Waals surface area contributed by atoms with E-state index in [-0.39, 0.29) is 32.0 Å². The monoisotopic (exact) mass is 841 g/mol. The second-order valence-electron chi connectivity index (χ2n) is 17.2. The van der Waals surface area contributed by atoms with Crippen LogP contribution in [0, 0.1) is 0 Å². The molecule has 0 heterocycles. The molecule has 0 aliphatic rings. The molecule has 0 amide bonds. The van der Waals surface area contributed by atoms with Crippen LogP contribution in [0.3, 0.4) is 0 Å². The number of hydrogen-bond donors (Lipinski definition) is 1. The van der Waals surface area contributed by atoms with E-state index in [1.807, 2.05) is 33.3 Å². The van der Waals surface area contributed by atoms with Crippen LogP contribution in [-0.4, -0.2) is 74.9 Å². The third kappa shape index (κ3) is 43.8. The fourth-order valence-corrected chi connectivity index (χ4v) is 7.29. The number of unbranched alkanes of at least 4 members (excludes halogenated alkanes) is 25. The lowest BCUT2D eigenvalue weighted by Crippen LogP contribution is -2.37. The normalized spacial score (nSPS) is 13.8. The third-order valence-electron chi connectivity index (χ3n) is 10.2. The molecule has 58 heavy (non-hydrogen) atoms. The van der Waals surface area contributed by atoms with Crippen molar-refractivity contribution in [2.75, 3.05) is 47.5 Å². The number of esters is 2. The number of hydrogen-bond acceptors (Lipinski definition) is 7. The number of carbonyl (C=O) groups excluding carboxylic acids is 2. The zero-order chi connectivity index (χ0) is 42.8. The molecule has 0 rings (SSSR count). The van der Waals surface area contributed by atoms with E-state index in [1.54, 1.807) is 0 Å². The van der Waals surface area contributed by atoms with Crippen LogP contribution in [0.1, 0.15) is 206 Å². The molecule has 2 atom stereocenters. The third-order valence-corrected chi connectivity index (χ3v) is 11.2. The first-order valence-electron chi connectivity index (χ1n) is 23.7. The van der Waals surface area contributed by atoms with E-state index >= 15 is 0 Å². The van der Waals surface area contributed by atoms with Crippen molar-refractivity contribution in [2.24, 2.45) is 0 Å². The Morgan fingerprint density at radius 3 is 1.45 bits per heavy atom. The summed E-state index contributed by atoms with van der Waals surface area (Å²) in [6, 6.07) is 0. The number of nitrogens with zero attached hydrogens (tertiary/aromatic N) is 1. The van der Waals surface area contributed by atoms with Crippen LogP contribution < -0.4 is 0 Å². The maximum atomic E-state index is 12.7. The van der Waals surface area contributed by atoms with Crippen LogP contribution >= 0.6 is 7.82 Å². The van der Waals surface area contributed by atoms with Crippen molar-refractivity contribution >= 4 is 19.8 Å². The molecule has 9 nitrogen and oxygen atoms in total. The second kappa shape index (κ2) is 40.6. The smallest absolute Gasteiger partial charge is 0.462 e. The highest BCUT2D eigenvalue weighted by Gasteiger charge is 2.27. The molecular formula is C48H91NO8P+. The summed E-state index contributed by atoms with van der Waals surface area (Å²) in [6.07, 6.45) is 46.3. The number of quaternary nitrogens is 1. The Balaban J connectivity index is 4.23. The van der Waals surface area contributed by atoms with Gasteiger partial charge in [0.1, 0.15) is 19.8 Å². The predicted octanol–water partition coefficient (Wildman–Crippen LogP) is 13.7. The number of likely N-dealkylation sites (N-methyl/N-ethyl adjacent to an activating group) is 1. The number of phosphoric acid groups is 1. The standard InChI is InChI=1S/C48H90NO8P/c1-6-8-10-12-14-16-18-20-21-22-23-24-25-26-27-29-30-32-34-36-38-40-47(50)54-44-46(45-56-58(52,53)55-43-42-49(3,4)5)57-48(51)41-39-37-35-33-31-28-19-17-15-13-11-9-7-2/h9,11,13,15,17,19,46H,6-8,10,12,14,16,18,20-45H2,1-5H3/p+1/b11-9+,15-13+,19-17+. The molecule has 0 bridgehead atoms. The van der Waals surface area contributed by atoms with Crippen molar-refractivity contribution in [1.29, 1.82) is 0 Å². The van der Waals surface area contributed by atoms with E-state index in [9.17, 15) is 19.0 Å². The van der Waals surface area contributed by atoms with Crippen LogP contribution in [-0.2, 0) is 32.7 Å². The van der Waals surface area contributed by atoms with Gasteiger partial charge in [-0.3, -0.25) is 18.6 Å². The zero-order valence-electron chi connectivity index (χ0n) is 38.3. The molecule has 1 N–H and O–H groups in total. The summed E-state index contributed by atoms with van der Waals surface area (Å²) in [7, 11) is 1.46. The number of rotatable bonds is 43. The molecule has 340 valence electrons. The van der Waals surface area contributed by atoms with Crippen LogP contribution in [0.15, 0.2) is 36.5 Å². The van der Waals surface area contributed by atoms with Gasteiger partial charge in [-0.2, -0.15) is 0 Å². The largest absolute Gasteiger partial charge is 0.472 e. The number of ether oxygens (including phenoxy) is 2. The molecule has 0 aromatic carbocycles. The Hall–Kier alpha value is -1.77. The number of carbonyl (C=O) groups is 2. The Bertz CT molecular complexity index is 1090. The molecule has 0 aliphatic heterocycles. The quantitative estimate of drug-likeness (QED) is 0.0213. The highest BCUT2D eigenvalue weighted by atomic mass is 31.2. The second-order valence-corrected chi connectivity index (χ2v) is 18.6. The first kappa shape index (κ1) is 56.2. The molecule has 2 unspecified atom stereocenters. The van der Waals surface area contributed by atoms with Gasteiger partial charge in [-0.25, -0.2) is 4.57 Å². The summed E-state index contributed by atoms with van der Waals surface area (Å²) in [4.78, 5) is 35.4. The minimum absolute atomic E-state index is 0.0280. The predicted molar refractivity (Wildman–Crippen MR) is 243 cm³/mol. The summed E-state index contributed by atoms with van der Waals surface area (Å²) in [5.74, 6) is -0.816. The van der Waals surface area contributed by atoms with Crippen LogP contribution in [0.5, 0.6) is 0 Å². The fourth-order valence-electron chi connectivity index (χ4n) is 6.54. The molecule has 0 aliphatic carbocycles. The van der Waals surface area contributed by atoms with Gasteiger partial charge < -0.3 is 18.9 Å². The Kier molecular flexibility index (Phi) is 39.4. The van der Waals surface area contributed by atoms with E-state index in [0.29, 0.717) is 17.4 Å². The van der Waals surface area contributed by atoms with Gasteiger partial charge in [0.15, 0.2) is 6.10 Å². The molecule has 0 aromatic rings. The summed E-state index contributed by atoms with van der Waals surface area (Å²) >= 11 is 0. The van der Waals surface area contributed by atoms with Gasteiger partial charge in [0.25, 0.3) is 0 Å². The van der Waals surface area contributed by atoms with Crippen molar-refractivity contribution in [1.82, 2.24) is 0 Å². The van der Waals surface area contributed by atoms with E-state index in [4.69, 9.17) is 18.5 Å². The highest BCUT2D eigenvalue weighted by molar-refractivity contribution is 7.47. The maximum Gasteiger partial charge on any atom is 0.472 e. The zero-order valence-corrected chi connectivity index (χ0v) is 39.2. The van der Waals surface area contributed by atoms with Gasteiger partial charge in [0.05, 0.1) is 27.7 Å². The summed E-state index contributed by atoms with van der Waals surface area (Å²) in [5, 5.41) is 0. The van der Waals surface area contributed by atoms with Crippen LogP contribution in [0.25, 0.3) is 0 Å². The number of phosphoric ester groups is 1. The Morgan fingerprint density at radius 2 is 0.983 bits per heavy atom. The topological polar surface area (TPSA) is 108 Å². The molecule has 0 saturated heterocycles. The van der Waals surface area contributed by atoms with Crippen molar-refractivity contribution in [3.8, 4) is 0 Å². The average Bonchev–Trinajstić information content (AvgIpc) is 3.17. The molecular weight excluding hydrogens is 750 g/mol. The lowest BCUT2D eigenvalue weighted by molar-refractivity contribution is -0.870. The molecule has 0 fully saturated rings. The molecule has 10 heteroatoms. The molecule has 0 radical (unpaired) electrons. The van der Waals surface area contributed by atoms with E-state index in [2.05, 4.69) is 38.2 Å². The van der Waals surface area contributed by atoms with Gasteiger partial charge >= 0.3 is 19.8 Å².